The number of rotatable bonds is 30. The van der Waals surface area contributed by atoms with E-state index in [9.17, 15) is 67.5 Å². The molecule has 3 rings (SSSR count). The fourth-order valence-electron chi connectivity index (χ4n) is 5.90. The molecule has 1 aliphatic rings. The van der Waals surface area contributed by atoms with Gasteiger partial charge in [0.15, 0.2) is 22.8 Å². The van der Waals surface area contributed by atoms with Crippen molar-refractivity contribution >= 4 is 80.9 Å². The van der Waals surface area contributed by atoms with Gasteiger partial charge in [0.05, 0.1) is 26.0 Å². The van der Waals surface area contributed by atoms with Gasteiger partial charge in [-0.25, -0.2) is 28.6 Å². The number of nitrogen functional groups attached to an aromatic ring is 1. The number of anilines is 1. The lowest BCUT2D eigenvalue weighted by Gasteiger charge is -2.30. The topological polar surface area (TPSA) is 418 Å². The molecule has 0 aromatic carbocycles. The summed E-state index contributed by atoms with van der Waals surface area (Å²) in [6.07, 6.45) is -2.33. The molecule has 64 heavy (non-hydrogen) atoms. The maximum atomic E-state index is 12.7. The Morgan fingerprint density at radius 2 is 1.56 bits per heavy atom. The Morgan fingerprint density at radius 1 is 0.922 bits per heavy atom. The Bertz CT molecular complexity index is 2070. The van der Waals surface area contributed by atoms with Crippen LogP contribution in [0.4, 0.5) is 5.82 Å². The second-order valence-electron chi connectivity index (χ2n) is 15.0. The van der Waals surface area contributed by atoms with E-state index in [4.69, 9.17) is 24.6 Å². The number of aliphatic hydroxyl groups is 2. The van der Waals surface area contributed by atoms with Crippen molar-refractivity contribution < 1.29 is 95.2 Å². The van der Waals surface area contributed by atoms with Crippen molar-refractivity contribution in [3.8, 4) is 0 Å². The zero-order chi connectivity index (χ0) is 47.9. The maximum Gasteiger partial charge on any atom is 0.481 e. The first-order chi connectivity index (χ1) is 29.8. The van der Waals surface area contributed by atoms with E-state index in [0.29, 0.717) is 12.8 Å². The number of fused-ring (bicyclic) bond motifs is 1. The Hall–Kier alpha value is -3.30. The molecule has 27 nitrogen and oxygen atoms in total. The number of carbonyl (C=O) groups is 5. The van der Waals surface area contributed by atoms with Crippen LogP contribution < -0.4 is 16.4 Å². The van der Waals surface area contributed by atoms with E-state index in [-0.39, 0.29) is 72.4 Å². The number of ketones is 1. The molecule has 3 heterocycles. The van der Waals surface area contributed by atoms with Crippen molar-refractivity contribution in [1.29, 1.82) is 0 Å². The lowest BCUT2D eigenvalue weighted by Crippen LogP contribution is -2.46. The number of aliphatic carboxylic acids is 1. The van der Waals surface area contributed by atoms with E-state index in [0.717, 1.165) is 54.7 Å². The van der Waals surface area contributed by atoms with Crippen LogP contribution >= 0.6 is 35.2 Å². The van der Waals surface area contributed by atoms with Crippen molar-refractivity contribution in [3.63, 3.8) is 0 Å². The maximum absolute atomic E-state index is 12.7. The number of nitrogens with one attached hydrogen (secondary N) is 2. The fourth-order valence-corrected chi connectivity index (χ4v) is 9.42. The predicted octanol–water partition coefficient (Wildman–Crippen LogP) is 0.829. The number of aromatic nitrogens is 4. The highest BCUT2D eigenvalue weighted by Gasteiger charge is 2.50. The van der Waals surface area contributed by atoms with Crippen molar-refractivity contribution in [2.24, 2.45) is 5.41 Å². The van der Waals surface area contributed by atoms with Crippen LogP contribution in [0.25, 0.3) is 11.2 Å². The monoisotopic (exact) mass is 993 g/mol. The number of phosphoric ester groups is 3. The number of unbranched alkanes of at least 4 members (excludes halogenated alkanes) is 5. The third-order valence-corrected chi connectivity index (χ3v) is 13.2. The highest BCUT2D eigenvalue weighted by molar-refractivity contribution is 8.13. The molecule has 7 atom stereocenters. The first-order valence-electron chi connectivity index (χ1n) is 19.6. The summed E-state index contributed by atoms with van der Waals surface area (Å²) >= 11 is 0.885. The number of hydrogen-bond acceptors (Lipinski definition) is 20. The van der Waals surface area contributed by atoms with Gasteiger partial charge < -0.3 is 56.0 Å². The average Bonchev–Trinajstić information content (AvgIpc) is 3.75. The lowest BCUT2D eigenvalue weighted by molar-refractivity contribution is -0.137. The molecule has 2 aromatic rings. The predicted molar refractivity (Wildman–Crippen MR) is 221 cm³/mol. The number of aliphatic hydroxyl groups excluding tert-OH is 2. The molecule has 2 unspecified atom stereocenters. The number of Topliss-reactive ketones (excluding diaryl/α,β-unsaturated/α-hetero) is 1. The number of phosphoric acid groups is 3. The third-order valence-electron chi connectivity index (χ3n) is 9.20. The zero-order valence-corrected chi connectivity index (χ0v) is 38.2. The molecule has 0 saturated carbocycles. The first-order valence-corrected chi connectivity index (χ1v) is 25.1. The van der Waals surface area contributed by atoms with Crippen molar-refractivity contribution in [2.45, 2.75) is 109 Å². The quantitative estimate of drug-likeness (QED) is 0.0294. The molecule has 0 spiro atoms. The molecular formula is C33H54N7O20P3S. The summed E-state index contributed by atoms with van der Waals surface area (Å²) in [4.78, 5) is 111. The van der Waals surface area contributed by atoms with Gasteiger partial charge in [0.2, 0.25) is 11.8 Å². The summed E-state index contributed by atoms with van der Waals surface area (Å²) in [5.41, 5.74) is 4.20. The van der Waals surface area contributed by atoms with E-state index in [1.54, 1.807) is 0 Å². The molecule has 1 aliphatic heterocycles. The summed E-state index contributed by atoms with van der Waals surface area (Å²) in [5, 5.41) is 34.7. The lowest BCUT2D eigenvalue weighted by atomic mass is 9.87. The standard InChI is InChI=1S/C33H54N7O20P3S/c1-33(2,28(47)31(48)36-12-11-22(42)35-13-14-64-24(45)15-20(41)9-7-5-3-4-6-8-10-23(43)44)17-57-63(54,55)60-62(52,53)56-16-21-27(59-61(49,50)51)26(46)32(58-21)40-19-39-25-29(34)37-18-38-30(25)40/h18-19,21,26-28,32,46-47H,3-17H2,1-2H3,(H,35,42)(H,36,48)(H,43,44)(H,52,53)(H,54,55)(H2,34,37,38)(H2,49,50,51)/t21-,26-,27-,28+,32-/m1/s1. The minimum atomic E-state index is -5.60. The number of amides is 2. The molecule has 0 radical (unpaired) electrons. The number of carboxylic acid groups (broad SMARTS) is 1. The molecule has 31 heteroatoms. The van der Waals surface area contributed by atoms with Crippen LogP contribution in [-0.2, 0) is 60.3 Å². The number of thioether (sulfide) groups is 1. The summed E-state index contributed by atoms with van der Waals surface area (Å²) in [6.45, 7) is 0.221. The van der Waals surface area contributed by atoms with Crippen LogP contribution in [0.15, 0.2) is 12.7 Å². The number of carboxylic acids is 1. The van der Waals surface area contributed by atoms with Crippen LogP contribution in [0.1, 0.15) is 84.3 Å². The van der Waals surface area contributed by atoms with Crippen molar-refractivity contribution in [2.75, 3.05) is 37.8 Å². The van der Waals surface area contributed by atoms with Gasteiger partial charge in [-0.3, -0.25) is 42.1 Å². The second kappa shape index (κ2) is 25.0. The van der Waals surface area contributed by atoms with Crippen molar-refractivity contribution in [3.05, 3.63) is 12.7 Å². The number of carbonyl (C=O) groups excluding carboxylic acids is 4. The highest BCUT2D eigenvalue weighted by atomic mass is 32.2. The van der Waals surface area contributed by atoms with E-state index in [2.05, 4.69) is 34.4 Å². The summed E-state index contributed by atoms with van der Waals surface area (Å²) in [7, 11) is -16.5. The average molecular weight is 994 g/mol. The van der Waals surface area contributed by atoms with E-state index in [1.165, 1.54) is 13.8 Å². The van der Waals surface area contributed by atoms with Gasteiger partial charge in [-0.05, 0) is 12.8 Å². The molecule has 362 valence electrons. The molecule has 0 bridgehead atoms. The van der Waals surface area contributed by atoms with E-state index >= 15 is 0 Å². The molecule has 0 aliphatic carbocycles. The van der Waals surface area contributed by atoms with Crippen molar-refractivity contribution in [1.82, 2.24) is 30.2 Å². The molecule has 11 N–H and O–H groups in total. The van der Waals surface area contributed by atoms with Gasteiger partial charge in [0.25, 0.3) is 0 Å². The highest BCUT2D eigenvalue weighted by Crippen LogP contribution is 2.61. The third kappa shape index (κ3) is 18.9. The van der Waals surface area contributed by atoms with Gasteiger partial charge in [-0.15, -0.1) is 0 Å². The Kier molecular flexibility index (Phi) is 21.5. The van der Waals surface area contributed by atoms with Crippen LogP contribution in [0.3, 0.4) is 0 Å². The van der Waals surface area contributed by atoms with E-state index < -0.39 is 90.5 Å². The molecule has 2 amide bonds. The summed E-state index contributed by atoms with van der Waals surface area (Å²) in [6, 6.07) is 0. The summed E-state index contributed by atoms with van der Waals surface area (Å²) < 4.78 is 62.2. The minimum absolute atomic E-state index is 0.0185. The molecule has 1 fully saturated rings. The van der Waals surface area contributed by atoms with Crippen LogP contribution in [-0.4, -0.2) is 140 Å². The van der Waals surface area contributed by atoms with Crippen LogP contribution in [0.2, 0.25) is 0 Å². The van der Waals surface area contributed by atoms with Gasteiger partial charge in [-0.2, -0.15) is 4.31 Å². The summed E-state index contributed by atoms with van der Waals surface area (Å²) in [5.74, 6) is -2.40. The smallest absolute Gasteiger partial charge is 0.481 e. The van der Waals surface area contributed by atoms with Gasteiger partial charge in [0.1, 0.15) is 42.0 Å². The van der Waals surface area contributed by atoms with E-state index in [1.807, 2.05) is 0 Å². The number of imidazole rings is 1. The zero-order valence-electron chi connectivity index (χ0n) is 34.7. The van der Waals surface area contributed by atoms with Gasteiger partial charge >= 0.3 is 29.4 Å². The first kappa shape index (κ1) is 55.0. The van der Waals surface area contributed by atoms with Gasteiger partial charge in [-0.1, -0.05) is 51.3 Å². The second-order valence-corrected chi connectivity index (χ2v) is 20.4. The van der Waals surface area contributed by atoms with Gasteiger partial charge in [0, 0.05) is 43.5 Å². The molecule has 1 saturated heterocycles. The Labute approximate surface area is 370 Å². The number of nitrogens with two attached hydrogens (primary N) is 1. The Morgan fingerprint density at radius 3 is 2.22 bits per heavy atom. The van der Waals surface area contributed by atoms with Crippen LogP contribution in [0.5, 0.6) is 0 Å². The normalized spacial score (nSPS) is 20.3. The number of ether oxygens (including phenoxy) is 1. The minimum Gasteiger partial charge on any atom is -0.481 e. The fraction of sp³-hybridized carbons (Fsp3) is 0.697. The van der Waals surface area contributed by atoms with Crippen LogP contribution in [0, 0.1) is 5.41 Å². The number of nitrogens with zero attached hydrogens (tertiary/aromatic N) is 4. The largest absolute Gasteiger partial charge is 0.481 e. The molecule has 2 aromatic heterocycles. The number of hydrogen-bond donors (Lipinski definition) is 10. The SMILES string of the molecule is CC(C)(COP(=O)(O)OP(=O)(O)OC[C@H]1O[C@@H](n2cnc3c(N)ncnc32)[C@H](O)[C@@H]1OP(=O)(O)O)[C@@H](O)C(=O)NCCC(=O)NCCSC(=O)CC(=O)CCCCCCCCC(=O)O. The molecular weight excluding hydrogens is 939 g/mol. The Balaban J connectivity index is 1.37.